The fourth-order valence-electron chi connectivity index (χ4n) is 2.75. The van der Waals surface area contributed by atoms with E-state index in [1.807, 2.05) is 0 Å². The number of nitrogens with one attached hydrogen (secondary N) is 1. The monoisotopic (exact) mass is 239 g/mol. The molecule has 2 aliphatic rings. The van der Waals surface area contributed by atoms with Crippen molar-refractivity contribution in [3.63, 3.8) is 0 Å². The van der Waals surface area contributed by atoms with E-state index >= 15 is 0 Å². The van der Waals surface area contributed by atoms with Crippen molar-refractivity contribution < 1.29 is 14.3 Å². The summed E-state index contributed by atoms with van der Waals surface area (Å²) in [5.41, 5.74) is 0. The van der Waals surface area contributed by atoms with Crippen molar-refractivity contribution in [1.82, 2.24) is 5.32 Å². The SMILES string of the molecule is CCOC(=O)CCCNC(=O)C1CC2CC2C1. The Morgan fingerprint density at radius 3 is 2.59 bits per heavy atom. The minimum absolute atomic E-state index is 0.177. The van der Waals surface area contributed by atoms with E-state index in [0.29, 0.717) is 26.0 Å². The molecule has 1 N–H and O–H groups in total. The van der Waals surface area contributed by atoms with Crippen molar-refractivity contribution >= 4 is 11.9 Å². The predicted molar refractivity (Wildman–Crippen MR) is 63.2 cm³/mol. The molecule has 4 nitrogen and oxygen atoms in total. The Morgan fingerprint density at radius 2 is 1.94 bits per heavy atom. The first-order valence-electron chi connectivity index (χ1n) is 6.64. The highest BCUT2D eigenvalue weighted by atomic mass is 16.5. The number of hydrogen-bond donors (Lipinski definition) is 1. The van der Waals surface area contributed by atoms with Crippen molar-refractivity contribution in [2.45, 2.75) is 39.0 Å². The molecule has 0 aromatic rings. The summed E-state index contributed by atoms with van der Waals surface area (Å²) in [5, 5.41) is 2.92. The molecule has 0 radical (unpaired) electrons. The summed E-state index contributed by atoms with van der Waals surface area (Å²) in [7, 11) is 0. The Bertz CT molecular complexity index is 293. The van der Waals surface area contributed by atoms with E-state index in [1.165, 1.54) is 6.42 Å². The molecule has 0 aromatic carbocycles. The summed E-state index contributed by atoms with van der Waals surface area (Å²) in [6, 6.07) is 0. The van der Waals surface area contributed by atoms with Crippen LogP contribution in [0.25, 0.3) is 0 Å². The van der Waals surface area contributed by atoms with Crippen LogP contribution in [0, 0.1) is 17.8 Å². The minimum Gasteiger partial charge on any atom is -0.466 e. The Labute approximate surface area is 102 Å². The molecule has 2 saturated carbocycles. The van der Waals surface area contributed by atoms with Gasteiger partial charge in [-0.15, -0.1) is 0 Å². The molecule has 0 saturated heterocycles. The number of carbonyl (C=O) groups excluding carboxylic acids is 2. The van der Waals surface area contributed by atoms with Crippen LogP contribution in [0.15, 0.2) is 0 Å². The lowest BCUT2D eigenvalue weighted by molar-refractivity contribution is -0.143. The van der Waals surface area contributed by atoms with Gasteiger partial charge in [-0.25, -0.2) is 0 Å². The fourth-order valence-corrected chi connectivity index (χ4v) is 2.75. The van der Waals surface area contributed by atoms with Crippen molar-refractivity contribution in [3.8, 4) is 0 Å². The highest BCUT2D eigenvalue weighted by molar-refractivity contribution is 5.79. The van der Waals surface area contributed by atoms with Gasteiger partial charge in [-0.05, 0) is 44.4 Å². The summed E-state index contributed by atoms with van der Waals surface area (Å²) >= 11 is 0. The number of fused-ring (bicyclic) bond motifs is 1. The van der Waals surface area contributed by atoms with E-state index in [-0.39, 0.29) is 17.8 Å². The summed E-state index contributed by atoms with van der Waals surface area (Å²) in [4.78, 5) is 22.8. The van der Waals surface area contributed by atoms with Crippen LogP contribution in [0.3, 0.4) is 0 Å². The van der Waals surface area contributed by atoms with Crippen molar-refractivity contribution in [2.24, 2.45) is 17.8 Å². The van der Waals surface area contributed by atoms with Crippen molar-refractivity contribution in [3.05, 3.63) is 0 Å². The zero-order chi connectivity index (χ0) is 12.3. The van der Waals surface area contributed by atoms with Crippen LogP contribution in [-0.4, -0.2) is 25.0 Å². The van der Waals surface area contributed by atoms with Gasteiger partial charge < -0.3 is 10.1 Å². The van der Waals surface area contributed by atoms with Gasteiger partial charge in [0.15, 0.2) is 0 Å². The van der Waals surface area contributed by atoms with E-state index in [4.69, 9.17) is 4.74 Å². The molecule has 0 aromatic heterocycles. The van der Waals surface area contributed by atoms with E-state index in [0.717, 1.165) is 24.7 Å². The predicted octanol–water partition coefficient (Wildman–Crippen LogP) is 1.49. The lowest BCUT2D eigenvalue weighted by atomic mass is 10.0. The molecule has 2 atom stereocenters. The van der Waals surface area contributed by atoms with E-state index in [9.17, 15) is 9.59 Å². The molecule has 0 spiro atoms. The number of ether oxygens (including phenoxy) is 1. The van der Waals surface area contributed by atoms with E-state index in [1.54, 1.807) is 6.92 Å². The number of amides is 1. The molecule has 17 heavy (non-hydrogen) atoms. The minimum atomic E-state index is -0.177. The fraction of sp³-hybridized carbons (Fsp3) is 0.846. The van der Waals surface area contributed by atoms with Gasteiger partial charge in [-0.2, -0.15) is 0 Å². The molecule has 0 bridgehead atoms. The van der Waals surface area contributed by atoms with Crippen LogP contribution in [0.4, 0.5) is 0 Å². The number of hydrogen-bond acceptors (Lipinski definition) is 3. The summed E-state index contributed by atoms with van der Waals surface area (Å²) < 4.78 is 4.82. The first kappa shape index (κ1) is 12.4. The molecular weight excluding hydrogens is 218 g/mol. The van der Waals surface area contributed by atoms with E-state index < -0.39 is 0 Å². The van der Waals surface area contributed by atoms with Crippen LogP contribution in [0.2, 0.25) is 0 Å². The molecule has 2 unspecified atom stereocenters. The average Bonchev–Trinajstić information content (AvgIpc) is 2.92. The van der Waals surface area contributed by atoms with Crippen molar-refractivity contribution in [1.29, 1.82) is 0 Å². The molecule has 2 fully saturated rings. The van der Waals surface area contributed by atoms with Gasteiger partial charge in [0.05, 0.1) is 6.61 Å². The number of esters is 1. The van der Waals surface area contributed by atoms with Gasteiger partial charge >= 0.3 is 5.97 Å². The Balaban J connectivity index is 1.53. The third-order valence-electron chi connectivity index (χ3n) is 3.78. The van der Waals surface area contributed by atoms with Gasteiger partial charge in [0.2, 0.25) is 5.91 Å². The number of carbonyl (C=O) groups is 2. The lowest BCUT2D eigenvalue weighted by Gasteiger charge is -2.11. The second kappa shape index (κ2) is 5.52. The quantitative estimate of drug-likeness (QED) is 0.564. The second-order valence-electron chi connectivity index (χ2n) is 5.12. The molecule has 4 heteroatoms. The number of rotatable bonds is 6. The molecule has 96 valence electrons. The maximum Gasteiger partial charge on any atom is 0.305 e. The van der Waals surface area contributed by atoms with Gasteiger partial charge in [-0.1, -0.05) is 0 Å². The molecule has 0 heterocycles. The van der Waals surface area contributed by atoms with Crippen LogP contribution in [0.5, 0.6) is 0 Å². The molecule has 1 amide bonds. The van der Waals surface area contributed by atoms with Gasteiger partial charge in [0, 0.05) is 18.9 Å². The molecule has 2 aliphatic carbocycles. The zero-order valence-electron chi connectivity index (χ0n) is 10.4. The Morgan fingerprint density at radius 1 is 1.24 bits per heavy atom. The summed E-state index contributed by atoms with van der Waals surface area (Å²) in [5.74, 6) is 1.92. The van der Waals surface area contributed by atoms with E-state index in [2.05, 4.69) is 5.32 Å². The Kier molecular flexibility index (Phi) is 4.02. The maximum atomic E-state index is 11.8. The smallest absolute Gasteiger partial charge is 0.305 e. The van der Waals surface area contributed by atoms with Crippen LogP contribution in [-0.2, 0) is 14.3 Å². The first-order valence-corrected chi connectivity index (χ1v) is 6.64. The standard InChI is InChI=1S/C13H21NO3/c1-2-17-12(15)4-3-5-14-13(16)11-7-9-6-10(9)8-11/h9-11H,2-8H2,1H3,(H,14,16). The summed E-state index contributed by atoms with van der Waals surface area (Å²) in [6.07, 6.45) is 4.56. The maximum absolute atomic E-state index is 11.8. The van der Waals surface area contributed by atoms with Crippen LogP contribution in [0.1, 0.15) is 39.0 Å². The highest BCUT2D eigenvalue weighted by Gasteiger charge is 2.47. The molecule has 0 aliphatic heterocycles. The second-order valence-corrected chi connectivity index (χ2v) is 5.12. The average molecular weight is 239 g/mol. The van der Waals surface area contributed by atoms with Crippen molar-refractivity contribution in [2.75, 3.05) is 13.2 Å². The third kappa shape index (κ3) is 3.45. The van der Waals surface area contributed by atoms with Gasteiger partial charge in [0.1, 0.15) is 0 Å². The Hall–Kier alpha value is -1.06. The largest absolute Gasteiger partial charge is 0.466 e. The summed E-state index contributed by atoms with van der Waals surface area (Å²) in [6.45, 7) is 2.81. The topological polar surface area (TPSA) is 55.4 Å². The van der Waals surface area contributed by atoms with Gasteiger partial charge in [-0.3, -0.25) is 9.59 Å². The van der Waals surface area contributed by atoms with Crippen LogP contribution < -0.4 is 5.32 Å². The lowest BCUT2D eigenvalue weighted by Crippen LogP contribution is -2.31. The molecule has 2 rings (SSSR count). The zero-order valence-corrected chi connectivity index (χ0v) is 10.4. The molecular formula is C13H21NO3. The third-order valence-corrected chi connectivity index (χ3v) is 3.78. The highest BCUT2D eigenvalue weighted by Crippen LogP contribution is 2.54. The van der Waals surface area contributed by atoms with Gasteiger partial charge in [0.25, 0.3) is 0 Å². The van der Waals surface area contributed by atoms with Crippen LogP contribution >= 0.6 is 0 Å². The first-order chi connectivity index (χ1) is 8.20. The normalized spacial score (nSPS) is 29.6.